The molecule has 282 valence electrons. The molecule has 0 aromatic heterocycles. The summed E-state index contributed by atoms with van der Waals surface area (Å²) >= 11 is 0. The lowest BCUT2D eigenvalue weighted by molar-refractivity contribution is -0.150. The van der Waals surface area contributed by atoms with Gasteiger partial charge in [-0.15, -0.1) is 0 Å². The van der Waals surface area contributed by atoms with Crippen molar-refractivity contribution in [1.82, 2.24) is 0 Å². The van der Waals surface area contributed by atoms with E-state index in [9.17, 15) is 9.59 Å². The van der Waals surface area contributed by atoms with Crippen LogP contribution in [-0.2, 0) is 14.3 Å². The number of ether oxygens (including phenoxy) is 1. The third-order valence-corrected chi connectivity index (χ3v) is 9.68. The number of rotatable bonds is 39. The molecule has 0 saturated heterocycles. The number of esters is 1. The fourth-order valence-corrected chi connectivity index (χ4v) is 6.51. The van der Waals surface area contributed by atoms with Crippen molar-refractivity contribution in [2.75, 3.05) is 0 Å². The second-order valence-corrected chi connectivity index (χ2v) is 14.5. The van der Waals surface area contributed by atoms with Crippen molar-refractivity contribution < 1.29 is 19.4 Å². The Bertz CT molecular complexity index is 727. The number of aliphatic carboxylic acids is 1. The predicted octanol–water partition coefficient (Wildman–Crippen LogP) is 14.8. The topological polar surface area (TPSA) is 63.6 Å². The van der Waals surface area contributed by atoms with Crippen molar-refractivity contribution in [1.29, 1.82) is 0 Å². The molecular formula is C44H82O4. The van der Waals surface area contributed by atoms with Crippen molar-refractivity contribution in [3.8, 4) is 0 Å². The summed E-state index contributed by atoms with van der Waals surface area (Å²) < 4.78 is 6.01. The third kappa shape index (κ3) is 38.9. The first-order valence-electron chi connectivity index (χ1n) is 21.3. The Morgan fingerprint density at radius 1 is 0.458 bits per heavy atom. The second kappa shape index (κ2) is 39.9. The molecule has 0 radical (unpaired) electrons. The summed E-state index contributed by atoms with van der Waals surface area (Å²) in [5.41, 5.74) is 0. The van der Waals surface area contributed by atoms with Crippen LogP contribution in [0, 0.1) is 0 Å². The van der Waals surface area contributed by atoms with Gasteiger partial charge in [-0.05, 0) is 70.6 Å². The van der Waals surface area contributed by atoms with Crippen LogP contribution in [0.4, 0.5) is 0 Å². The molecule has 4 heteroatoms. The molecule has 0 saturated carbocycles. The maximum absolute atomic E-state index is 12.7. The van der Waals surface area contributed by atoms with Crippen LogP contribution in [-0.4, -0.2) is 23.1 Å². The molecular weight excluding hydrogens is 592 g/mol. The largest absolute Gasteiger partial charge is 0.481 e. The number of carbonyl (C=O) groups is 2. The van der Waals surface area contributed by atoms with Gasteiger partial charge in [-0.1, -0.05) is 179 Å². The third-order valence-electron chi connectivity index (χ3n) is 9.68. The van der Waals surface area contributed by atoms with Gasteiger partial charge in [0.2, 0.25) is 0 Å². The molecule has 0 aliphatic heterocycles. The van der Waals surface area contributed by atoms with Gasteiger partial charge >= 0.3 is 11.9 Å². The van der Waals surface area contributed by atoms with Crippen molar-refractivity contribution in [2.45, 2.75) is 245 Å². The lowest BCUT2D eigenvalue weighted by Gasteiger charge is -2.18. The maximum atomic E-state index is 12.7. The quantitative estimate of drug-likeness (QED) is 0.0400. The Labute approximate surface area is 299 Å². The van der Waals surface area contributed by atoms with E-state index >= 15 is 0 Å². The maximum Gasteiger partial charge on any atom is 0.306 e. The van der Waals surface area contributed by atoms with E-state index in [0.717, 1.165) is 77.0 Å². The molecule has 0 aliphatic rings. The Kier molecular flexibility index (Phi) is 38.5. The van der Waals surface area contributed by atoms with Gasteiger partial charge in [-0.2, -0.15) is 0 Å². The average molecular weight is 675 g/mol. The molecule has 0 aromatic rings. The van der Waals surface area contributed by atoms with Gasteiger partial charge in [0.25, 0.3) is 0 Å². The molecule has 4 nitrogen and oxygen atoms in total. The van der Waals surface area contributed by atoms with Gasteiger partial charge < -0.3 is 9.84 Å². The van der Waals surface area contributed by atoms with Gasteiger partial charge in [0, 0.05) is 12.8 Å². The van der Waals surface area contributed by atoms with E-state index < -0.39 is 5.97 Å². The summed E-state index contributed by atoms with van der Waals surface area (Å²) in [6.07, 6.45) is 50.6. The van der Waals surface area contributed by atoms with E-state index in [2.05, 4.69) is 38.2 Å². The van der Waals surface area contributed by atoms with Gasteiger partial charge in [0.05, 0.1) is 0 Å². The van der Waals surface area contributed by atoms with E-state index in [1.165, 1.54) is 135 Å². The van der Waals surface area contributed by atoms with Crippen molar-refractivity contribution in [2.24, 2.45) is 0 Å². The Hall–Kier alpha value is -1.58. The van der Waals surface area contributed by atoms with E-state index in [0.29, 0.717) is 6.42 Å². The van der Waals surface area contributed by atoms with E-state index in [1.807, 2.05) is 0 Å². The van der Waals surface area contributed by atoms with E-state index in [1.54, 1.807) is 0 Å². The standard InChI is InChI=1S/C44H82O4/c1-3-5-7-9-11-13-15-17-19-21-23-25-27-30-34-38-42(39-35-31-29-32-36-40-43(45)46)48-44(47)41-37-33-28-26-24-22-20-18-16-14-12-10-8-6-4-2/h15,17,21,23,42H,3-14,16,18-20,22,24-41H2,1-2H3,(H,45,46)/b17-15-,23-21-. The minimum absolute atomic E-state index is 0.00639. The van der Waals surface area contributed by atoms with Gasteiger partial charge in [0.1, 0.15) is 6.10 Å². The van der Waals surface area contributed by atoms with Gasteiger partial charge in [0.15, 0.2) is 0 Å². The number of carboxylic acid groups (broad SMARTS) is 1. The monoisotopic (exact) mass is 675 g/mol. The molecule has 0 aliphatic carbocycles. The number of allylic oxidation sites excluding steroid dienone is 4. The fourth-order valence-electron chi connectivity index (χ4n) is 6.51. The second-order valence-electron chi connectivity index (χ2n) is 14.5. The molecule has 1 N–H and O–H groups in total. The minimum atomic E-state index is -0.702. The fraction of sp³-hybridized carbons (Fsp3) is 0.864. The Morgan fingerprint density at radius 3 is 1.25 bits per heavy atom. The Morgan fingerprint density at radius 2 is 0.812 bits per heavy atom. The van der Waals surface area contributed by atoms with Crippen LogP contribution in [0.25, 0.3) is 0 Å². The first-order chi connectivity index (χ1) is 23.6. The minimum Gasteiger partial charge on any atom is -0.481 e. The zero-order chi connectivity index (χ0) is 35.0. The number of carboxylic acids is 1. The van der Waals surface area contributed by atoms with Crippen LogP contribution in [0.5, 0.6) is 0 Å². The lowest BCUT2D eigenvalue weighted by Crippen LogP contribution is -2.18. The summed E-state index contributed by atoms with van der Waals surface area (Å²) in [7, 11) is 0. The van der Waals surface area contributed by atoms with Crippen LogP contribution < -0.4 is 0 Å². The smallest absolute Gasteiger partial charge is 0.306 e. The van der Waals surface area contributed by atoms with E-state index in [4.69, 9.17) is 9.84 Å². The first-order valence-corrected chi connectivity index (χ1v) is 21.3. The molecule has 1 atom stereocenters. The molecule has 0 amide bonds. The number of unbranched alkanes of at least 4 members (excludes halogenated alkanes) is 26. The summed E-state index contributed by atoms with van der Waals surface area (Å²) in [6, 6.07) is 0. The molecule has 0 bridgehead atoms. The highest BCUT2D eigenvalue weighted by atomic mass is 16.5. The molecule has 0 aromatic carbocycles. The van der Waals surface area contributed by atoms with Crippen molar-refractivity contribution in [3.63, 3.8) is 0 Å². The van der Waals surface area contributed by atoms with Gasteiger partial charge in [-0.3, -0.25) is 9.59 Å². The number of hydrogen-bond donors (Lipinski definition) is 1. The highest BCUT2D eigenvalue weighted by Gasteiger charge is 2.14. The lowest BCUT2D eigenvalue weighted by atomic mass is 10.0. The highest BCUT2D eigenvalue weighted by Crippen LogP contribution is 2.19. The van der Waals surface area contributed by atoms with Crippen LogP contribution >= 0.6 is 0 Å². The molecule has 48 heavy (non-hydrogen) atoms. The summed E-state index contributed by atoms with van der Waals surface area (Å²) in [4.78, 5) is 23.4. The number of carbonyl (C=O) groups excluding carboxylic acids is 1. The molecule has 0 fully saturated rings. The van der Waals surface area contributed by atoms with Crippen LogP contribution in [0.1, 0.15) is 239 Å². The van der Waals surface area contributed by atoms with Crippen molar-refractivity contribution >= 4 is 11.9 Å². The first kappa shape index (κ1) is 46.4. The zero-order valence-electron chi connectivity index (χ0n) is 32.3. The predicted molar refractivity (Wildman–Crippen MR) is 209 cm³/mol. The molecule has 1 unspecified atom stereocenters. The molecule has 0 heterocycles. The zero-order valence-corrected chi connectivity index (χ0v) is 32.3. The average Bonchev–Trinajstić information content (AvgIpc) is 3.07. The normalized spacial score (nSPS) is 12.4. The van der Waals surface area contributed by atoms with Crippen LogP contribution in [0.15, 0.2) is 24.3 Å². The van der Waals surface area contributed by atoms with E-state index in [-0.39, 0.29) is 18.5 Å². The molecule has 0 rings (SSSR count). The highest BCUT2D eigenvalue weighted by molar-refractivity contribution is 5.69. The summed E-state index contributed by atoms with van der Waals surface area (Å²) in [6.45, 7) is 4.55. The SMILES string of the molecule is CCCCCCC/C=C\C/C=C\CCCCCC(CCCCCCCC(=O)O)OC(=O)CCCCCCCCCCCCCCCCC. The van der Waals surface area contributed by atoms with Crippen molar-refractivity contribution in [3.05, 3.63) is 24.3 Å². The summed E-state index contributed by atoms with van der Waals surface area (Å²) in [5, 5.41) is 8.83. The Balaban J connectivity index is 4.06. The number of hydrogen-bond acceptors (Lipinski definition) is 3. The van der Waals surface area contributed by atoms with Crippen LogP contribution in [0.3, 0.4) is 0 Å². The summed E-state index contributed by atoms with van der Waals surface area (Å²) in [5.74, 6) is -0.708. The van der Waals surface area contributed by atoms with Crippen LogP contribution in [0.2, 0.25) is 0 Å². The van der Waals surface area contributed by atoms with Gasteiger partial charge in [-0.25, -0.2) is 0 Å². The molecule has 0 spiro atoms.